The lowest BCUT2D eigenvalue weighted by molar-refractivity contribution is 0.354. The minimum atomic E-state index is 0.954. The molecule has 0 saturated carbocycles. The lowest BCUT2D eigenvalue weighted by Gasteiger charge is -2.23. The molecule has 0 fully saturated rings. The highest BCUT2D eigenvalue weighted by Gasteiger charge is 2.10. The second-order valence-electron chi connectivity index (χ2n) is 3.64. The van der Waals surface area contributed by atoms with Crippen LogP contribution in [0, 0.1) is 5.41 Å². The Morgan fingerprint density at radius 1 is 1.18 bits per heavy atom. The van der Waals surface area contributed by atoms with Gasteiger partial charge in [-0.3, -0.25) is 0 Å². The SMILES string of the molecule is CC.CC.CC1=C(C=N)CN(C)CC1.CCC. The molecule has 0 bridgehead atoms. The van der Waals surface area contributed by atoms with E-state index in [4.69, 9.17) is 5.41 Å². The molecule has 0 aliphatic carbocycles. The van der Waals surface area contributed by atoms with Crippen molar-refractivity contribution in [2.24, 2.45) is 0 Å². The maximum Gasteiger partial charge on any atom is 0.0245 e. The van der Waals surface area contributed by atoms with E-state index in [-0.39, 0.29) is 0 Å². The Morgan fingerprint density at radius 3 is 1.88 bits per heavy atom. The predicted molar refractivity (Wildman–Crippen MR) is 82.3 cm³/mol. The Kier molecular flexibility index (Phi) is 22.6. The Labute approximate surface area is 110 Å². The molecule has 2 heteroatoms. The summed E-state index contributed by atoms with van der Waals surface area (Å²) in [5.41, 5.74) is 2.57. The molecule has 104 valence electrons. The molecule has 0 unspecified atom stereocenters. The summed E-state index contributed by atoms with van der Waals surface area (Å²) >= 11 is 0. The van der Waals surface area contributed by atoms with Gasteiger partial charge in [-0.25, -0.2) is 0 Å². The minimum Gasteiger partial charge on any atom is -0.308 e. The van der Waals surface area contributed by atoms with Gasteiger partial charge in [0, 0.05) is 19.3 Å². The smallest absolute Gasteiger partial charge is 0.0245 e. The number of nitrogens with zero attached hydrogens (tertiary/aromatic N) is 1. The van der Waals surface area contributed by atoms with Crippen LogP contribution in [-0.4, -0.2) is 31.3 Å². The Morgan fingerprint density at radius 2 is 1.59 bits per heavy atom. The van der Waals surface area contributed by atoms with Crippen molar-refractivity contribution in [1.82, 2.24) is 4.90 Å². The van der Waals surface area contributed by atoms with Crippen molar-refractivity contribution in [3.05, 3.63) is 11.1 Å². The number of hydrogen-bond acceptors (Lipinski definition) is 2. The van der Waals surface area contributed by atoms with Gasteiger partial charge in [0.25, 0.3) is 0 Å². The molecule has 2 nitrogen and oxygen atoms in total. The van der Waals surface area contributed by atoms with Crippen molar-refractivity contribution >= 4 is 6.21 Å². The van der Waals surface area contributed by atoms with Gasteiger partial charge in [0.05, 0.1) is 0 Å². The second kappa shape index (κ2) is 17.8. The summed E-state index contributed by atoms with van der Waals surface area (Å²) < 4.78 is 0. The monoisotopic (exact) mass is 242 g/mol. The summed E-state index contributed by atoms with van der Waals surface area (Å²) in [6.07, 6.45) is 3.85. The zero-order valence-electron chi connectivity index (χ0n) is 13.4. The second-order valence-corrected chi connectivity index (χ2v) is 3.64. The zero-order valence-corrected chi connectivity index (χ0v) is 13.4. The van der Waals surface area contributed by atoms with Crippen LogP contribution in [0.3, 0.4) is 0 Å². The van der Waals surface area contributed by atoms with E-state index in [9.17, 15) is 0 Å². The summed E-state index contributed by atoms with van der Waals surface area (Å²) in [5.74, 6) is 0. The molecule has 0 aromatic carbocycles. The molecule has 1 N–H and O–H groups in total. The van der Waals surface area contributed by atoms with Gasteiger partial charge in [-0.1, -0.05) is 53.5 Å². The topological polar surface area (TPSA) is 27.1 Å². The Bertz CT molecular complexity index is 183. The predicted octanol–water partition coefficient (Wildman–Crippen LogP) is 4.76. The fraction of sp³-hybridized carbons (Fsp3) is 0.800. The molecular weight excluding hydrogens is 208 g/mol. The third-order valence-electron chi connectivity index (χ3n) is 2.03. The van der Waals surface area contributed by atoms with Crippen LogP contribution in [0.1, 0.15) is 61.3 Å². The molecule has 1 rings (SSSR count). The van der Waals surface area contributed by atoms with Gasteiger partial charge in [-0.05, 0) is 26.0 Å². The van der Waals surface area contributed by atoms with E-state index in [1.807, 2.05) is 27.7 Å². The van der Waals surface area contributed by atoms with Crippen LogP contribution in [0.4, 0.5) is 0 Å². The summed E-state index contributed by atoms with van der Waals surface area (Å²) in [5, 5.41) is 7.11. The van der Waals surface area contributed by atoms with Gasteiger partial charge in [0.15, 0.2) is 0 Å². The van der Waals surface area contributed by atoms with Gasteiger partial charge in [0.2, 0.25) is 0 Å². The highest BCUT2D eigenvalue weighted by molar-refractivity contribution is 5.77. The number of rotatable bonds is 1. The first kappa shape index (κ1) is 21.6. The van der Waals surface area contributed by atoms with E-state index < -0.39 is 0 Å². The highest BCUT2D eigenvalue weighted by Crippen LogP contribution is 2.13. The van der Waals surface area contributed by atoms with Crippen LogP contribution in [0.25, 0.3) is 0 Å². The van der Waals surface area contributed by atoms with E-state index in [1.54, 1.807) is 0 Å². The molecule has 0 aromatic rings. The van der Waals surface area contributed by atoms with Gasteiger partial charge in [0.1, 0.15) is 0 Å². The van der Waals surface area contributed by atoms with Crippen LogP contribution in [0.5, 0.6) is 0 Å². The van der Waals surface area contributed by atoms with Gasteiger partial charge in [-0.15, -0.1) is 0 Å². The maximum atomic E-state index is 7.11. The normalized spacial score (nSPS) is 14.4. The summed E-state index contributed by atoms with van der Waals surface area (Å²) in [6.45, 7) is 16.5. The molecule has 0 spiro atoms. The number of nitrogens with one attached hydrogen (secondary N) is 1. The van der Waals surface area contributed by atoms with Crippen molar-refractivity contribution in [2.75, 3.05) is 20.1 Å². The molecule has 0 radical (unpaired) electrons. The summed E-state index contributed by atoms with van der Waals surface area (Å²) in [6, 6.07) is 0. The first-order valence-electron chi connectivity index (χ1n) is 7.03. The fourth-order valence-electron chi connectivity index (χ4n) is 1.19. The van der Waals surface area contributed by atoms with Crippen LogP contribution < -0.4 is 0 Å². The number of likely N-dealkylation sites (N-methyl/N-ethyl adjacent to an activating group) is 1. The van der Waals surface area contributed by atoms with Crippen LogP contribution in [0.2, 0.25) is 0 Å². The fourth-order valence-corrected chi connectivity index (χ4v) is 1.19. The van der Waals surface area contributed by atoms with Gasteiger partial charge >= 0.3 is 0 Å². The summed E-state index contributed by atoms with van der Waals surface area (Å²) in [7, 11) is 2.09. The first-order chi connectivity index (χ1) is 8.15. The number of hydrogen-bond donors (Lipinski definition) is 1. The molecule has 0 saturated heterocycles. The molecule has 0 amide bonds. The first-order valence-corrected chi connectivity index (χ1v) is 7.03. The Balaban J connectivity index is -0.000000239. The van der Waals surface area contributed by atoms with E-state index in [0.29, 0.717) is 0 Å². The summed E-state index contributed by atoms with van der Waals surface area (Å²) in [4.78, 5) is 2.24. The van der Waals surface area contributed by atoms with Gasteiger partial charge < -0.3 is 10.3 Å². The molecule has 17 heavy (non-hydrogen) atoms. The van der Waals surface area contributed by atoms with Crippen LogP contribution >= 0.6 is 0 Å². The van der Waals surface area contributed by atoms with Crippen LogP contribution in [0.15, 0.2) is 11.1 Å². The molecule has 1 heterocycles. The van der Waals surface area contributed by atoms with E-state index >= 15 is 0 Å². The minimum absolute atomic E-state index is 0.954. The molecule has 0 aromatic heterocycles. The average Bonchev–Trinajstić information content (AvgIpc) is 2.38. The third kappa shape index (κ3) is 13.3. The van der Waals surface area contributed by atoms with E-state index in [0.717, 1.165) is 19.5 Å². The quantitative estimate of drug-likeness (QED) is 0.660. The van der Waals surface area contributed by atoms with Crippen molar-refractivity contribution in [2.45, 2.75) is 61.3 Å². The average molecular weight is 242 g/mol. The molecular formula is C15H34N2. The maximum absolute atomic E-state index is 7.11. The Hall–Kier alpha value is -0.630. The van der Waals surface area contributed by atoms with Crippen molar-refractivity contribution in [3.8, 4) is 0 Å². The molecule has 0 atom stereocenters. The van der Waals surface area contributed by atoms with E-state index in [2.05, 4.69) is 32.7 Å². The van der Waals surface area contributed by atoms with Crippen molar-refractivity contribution < 1.29 is 0 Å². The third-order valence-corrected chi connectivity index (χ3v) is 2.03. The largest absolute Gasteiger partial charge is 0.308 e. The van der Waals surface area contributed by atoms with Gasteiger partial charge in [-0.2, -0.15) is 0 Å². The lowest BCUT2D eigenvalue weighted by atomic mass is 10.0. The lowest BCUT2D eigenvalue weighted by Crippen LogP contribution is -2.27. The zero-order chi connectivity index (χ0) is 14.3. The van der Waals surface area contributed by atoms with Crippen molar-refractivity contribution in [3.63, 3.8) is 0 Å². The van der Waals surface area contributed by atoms with E-state index in [1.165, 1.54) is 23.8 Å². The highest BCUT2D eigenvalue weighted by atomic mass is 15.1. The standard InChI is InChI=1S/C8H14N2.C3H8.2C2H6/c1-7-3-4-10(2)6-8(7)5-9;1-3-2;2*1-2/h5,9H,3-4,6H2,1-2H3;3H2,1-2H3;2*1-2H3. The van der Waals surface area contributed by atoms with Crippen LogP contribution in [-0.2, 0) is 0 Å². The molecule has 1 aliphatic heterocycles. The molecule has 1 aliphatic rings. The van der Waals surface area contributed by atoms with Crippen molar-refractivity contribution in [1.29, 1.82) is 5.41 Å².